The molecule has 2 aliphatic rings. The van der Waals surface area contributed by atoms with Crippen LogP contribution in [0, 0.1) is 0 Å². The average Bonchev–Trinajstić information content (AvgIpc) is 2.85. The van der Waals surface area contributed by atoms with Gasteiger partial charge in [-0.3, -0.25) is 0 Å². The van der Waals surface area contributed by atoms with Crippen LogP contribution in [0.5, 0.6) is 11.5 Å². The maximum Gasteiger partial charge on any atom is 0.231 e. The summed E-state index contributed by atoms with van der Waals surface area (Å²) in [4.78, 5) is 4.60. The van der Waals surface area contributed by atoms with Gasteiger partial charge in [0.15, 0.2) is 16.6 Å². The van der Waals surface area contributed by atoms with Crippen LogP contribution < -0.4 is 14.8 Å². The molecule has 1 N–H and O–H groups in total. The Labute approximate surface area is 130 Å². The van der Waals surface area contributed by atoms with Gasteiger partial charge in [0.1, 0.15) is 0 Å². The van der Waals surface area contributed by atoms with E-state index in [1.165, 1.54) is 0 Å². The van der Waals surface area contributed by atoms with Crippen molar-refractivity contribution < 1.29 is 9.47 Å². The highest BCUT2D eigenvalue weighted by atomic mass is 32.1. The van der Waals surface area contributed by atoms with Crippen LogP contribution in [0.2, 0.25) is 0 Å². The third-order valence-electron chi connectivity index (χ3n) is 3.89. The minimum absolute atomic E-state index is 0.311. The lowest BCUT2D eigenvalue weighted by molar-refractivity contribution is 0.174. The monoisotopic (exact) mass is 307 g/mol. The molecular weight excluding hydrogens is 286 g/mol. The summed E-state index contributed by atoms with van der Waals surface area (Å²) >= 11 is 5.51. The van der Waals surface area contributed by atoms with Gasteiger partial charge >= 0.3 is 0 Å². The van der Waals surface area contributed by atoms with Crippen molar-refractivity contribution in [3.8, 4) is 11.5 Å². The fourth-order valence-electron chi connectivity index (χ4n) is 2.59. The summed E-state index contributed by atoms with van der Waals surface area (Å²) in [5.41, 5.74) is 1.15. The third-order valence-corrected chi connectivity index (χ3v) is 4.29. The minimum Gasteiger partial charge on any atom is -0.454 e. The van der Waals surface area contributed by atoms with Crippen LogP contribution in [0.1, 0.15) is 12.0 Å². The number of nitrogens with one attached hydrogen (secondary N) is 1. The summed E-state index contributed by atoms with van der Waals surface area (Å²) in [6.45, 7) is 5.24. The van der Waals surface area contributed by atoms with Gasteiger partial charge in [-0.2, -0.15) is 0 Å². The van der Waals surface area contributed by atoms with Crippen molar-refractivity contribution in [2.75, 3.05) is 40.0 Å². The standard InChI is InChI=1S/C15H21N3O2S/c1-17-5-2-6-18(8-7-17)15(21)16-10-12-3-4-13-14(9-12)20-11-19-13/h3-4,9H,2,5-8,10-11H2,1H3,(H,16,21). The zero-order valence-electron chi connectivity index (χ0n) is 12.3. The number of fused-ring (bicyclic) bond motifs is 1. The average molecular weight is 307 g/mol. The number of hydrogen-bond acceptors (Lipinski definition) is 4. The van der Waals surface area contributed by atoms with Gasteiger partial charge in [-0.05, 0) is 49.9 Å². The summed E-state index contributed by atoms with van der Waals surface area (Å²) in [5.74, 6) is 1.63. The Balaban J connectivity index is 1.53. The summed E-state index contributed by atoms with van der Waals surface area (Å²) in [6, 6.07) is 6.00. The van der Waals surface area contributed by atoms with Crippen LogP contribution in [0.4, 0.5) is 0 Å². The zero-order valence-corrected chi connectivity index (χ0v) is 13.1. The molecule has 2 heterocycles. The number of hydrogen-bond donors (Lipinski definition) is 1. The summed E-state index contributed by atoms with van der Waals surface area (Å²) < 4.78 is 10.7. The van der Waals surface area contributed by atoms with Crippen molar-refractivity contribution in [3.05, 3.63) is 23.8 Å². The van der Waals surface area contributed by atoms with Crippen LogP contribution in [0.25, 0.3) is 0 Å². The van der Waals surface area contributed by atoms with Crippen LogP contribution in [-0.4, -0.2) is 54.9 Å². The van der Waals surface area contributed by atoms with Crippen molar-refractivity contribution in [2.24, 2.45) is 0 Å². The predicted octanol–water partition coefficient (Wildman–Crippen LogP) is 1.43. The van der Waals surface area contributed by atoms with Crippen molar-refractivity contribution in [1.82, 2.24) is 15.1 Å². The van der Waals surface area contributed by atoms with Gasteiger partial charge in [0, 0.05) is 26.2 Å². The van der Waals surface area contributed by atoms with Gasteiger partial charge in [0.2, 0.25) is 6.79 Å². The van der Waals surface area contributed by atoms with Crippen LogP contribution >= 0.6 is 12.2 Å². The fourth-order valence-corrected chi connectivity index (χ4v) is 2.84. The first-order chi connectivity index (χ1) is 10.2. The van der Waals surface area contributed by atoms with E-state index in [4.69, 9.17) is 21.7 Å². The zero-order chi connectivity index (χ0) is 14.7. The molecule has 0 unspecified atom stereocenters. The maximum atomic E-state index is 5.51. The molecule has 0 bridgehead atoms. The van der Waals surface area contributed by atoms with Gasteiger partial charge < -0.3 is 24.6 Å². The number of ether oxygens (including phenoxy) is 2. The summed E-state index contributed by atoms with van der Waals surface area (Å²) in [7, 11) is 2.16. The summed E-state index contributed by atoms with van der Waals surface area (Å²) in [5, 5.41) is 4.18. The fraction of sp³-hybridized carbons (Fsp3) is 0.533. The van der Waals surface area contributed by atoms with Crippen molar-refractivity contribution in [1.29, 1.82) is 0 Å². The molecule has 6 heteroatoms. The number of benzene rings is 1. The van der Waals surface area contributed by atoms with Crippen LogP contribution in [0.3, 0.4) is 0 Å². The van der Waals surface area contributed by atoms with Crippen molar-refractivity contribution in [3.63, 3.8) is 0 Å². The van der Waals surface area contributed by atoms with E-state index in [-0.39, 0.29) is 0 Å². The van der Waals surface area contributed by atoms with Gasteiger partial charge in [0.05, 0.1) is 0 Å². The third kappa shape index (κ3) is 3.57. The molecule has 5 nitrogen and oxygen atoms in total. The highest BCUT2D eigenvalue weighted by molar-refractivity contribution is 7.80. The van der Waals surface area contributed by atoms with Crippen LogP contribution in [-0.2, 0) is 6.54 Å². The first kappa shape index (κ1) is 14.4. The van der Waals surface area contributed by atoms with Gasteiger partial charge in [0.25, 0.3) is 0 Å². The molecule has 1 fully saturated rings. The molecule has 0 saturated carbocycles. The first-order valence-corrected chi connectivity index (χ1v) is 7.73. The molecule has 1 aromatic carbocycles. The van der Waals surface area contributed by atoms with E-state index in [0.29, 0.717) is 13.3 Å². The lowest BCUT2D eigenvalue weighted by Crippen LogP contribution is -2.41. The van der Waals surface area contributed by atoms with Gasteiger partial charge in [-0.15, -0.1) is 0 Å². The molecule has 1 saturated heterocycles. The molecule has 0 aliphatic carbocycles. The van der Waals surface area contributed by atoms with Crippen LogP contribution in [0.15, 0.2) is 18.2 Å². The molecule has 0 atom stereocenters. The topological polar surface area (TPSA) is 37.0 Å². The predicted molar refractivity (Wildman–Crippen MR) is 85.7 cm³/mol. The van der Waals surface area contributed by atoms with E-state index in [1.54, 1.807) is 0 Å². The minimum atomic E-state index is 0.311. The van der Waals surface area contributed by atoms with Crippen molar-refractivity contribution in [2.45, 2.75) is 13.0 Å². The molecule has 0 radical (unpaired) electrons. The Morgan fingerprint density at radius 3 is 2.95 bits per heavy atom. The highest BCUT2D eigenvalue weighted by Crippen LogP contribution is 2.32. The molecule has 0 spiro atoms. The number of nitrogens with zero attached hydrogens (tertiary/aromatic N) is 2. The molecular formula is C15H21N3O2S. The van der Waals surface area contributed by atoms with E-state index in [9.17, 15) is 0 Å². The van der Waals surface area contributed by atoms with Crippen molar-refractivity contribution >= 4 is 17.3 Å². The Kier molecular flexibility index (Phi) is 4.45. The molecule has 2 aliphatic heterocycles. The molecule has 3 rings (SSSR count). The lowest BCUT2D eigenvalue weighted by Gasteiger charge is -2.24. The first-order valence-electron chi connectivity index (χ1n) is 7.32. The second-order valence-corrected chi connectivity index (χ2v) is 5.88. The van der Waals surface area contributed by atoms with E-state index < -0.39 is 0 Å². The Morgan fingerprint density at radius 2 is 2.05 bits per heavy atom. The molecule has 1 aromatic rings. The lowest BCUT2D eigenvalue weighted by atomic mass is 10.2. The summed E-state index contributed by atoms with van der Waals surface area (Å²) in [6.07, 6.45) is 1.16. The number of rotatable bonds is 2. The molecule has 0 amide bonds. The largest absolute Gasteiger partial charge is 0.454 e. The van der Waals surface area contributed by atoms with E-state index in [2.05, 4.69) is 22.2 Å². The second kappa shape index (κ2) is 6.49. The Bertz CT molecular complexity index is 524. The smallest absolute Gasteiger partial charge is 0.231 e. The molecule has 0 aromatic heterocycles. The van der Waals surface area contributed by atoms with E-state index in [1.807, 2.05) is 18.2 Å². The molecule has 21 heavy (non-hydrogen) atoms. The normalized spacial score (nSPS) is 18.4. The second-order valence-electron chi connectivity index (χ2n) is 5.49. The van der Waals surface area contributed by atoms with Gasteiger partial charge in [-0.1, -0.05) is 6.07 Å². The number of thiocarbonyl (C=S) groups is 1. The highest BCUT2D eigenvalue weighted by Gasteiger charge is 2.16. The van der Waals surface area contributed by atoms with E-state index in [0.717, 1.165) is 54.8 Å². The van der Waals surface area contributed by atoms with Gasteiger partial charge in [-0.25, -0.2) is 0 Å². The SMILES string of the molecule is CN1CCCN(C(=S)NCc2ccc3c(c2)OCO3)CC1. The number of likely N-dealkylation sites (N-methyl/N-ethyl adjacent to an activating group) is 1. The Morgan fingerprint density at radius 1 is 1.19 bits per heavy atom. The maximum absolute atomic E-state index is 5.51. The van der Waals surface area contributed by atoms with E-state index >= 15 is 0 Å². The molecule has 114 valence electrons. The quantitative estimate of drug-likeness (QED) is 0.833. The Hall–Kier alpha value is -1.53.